The minimum atomic E-state index is -2.17. The van der Waals surface area contributed by atoms with Crippen LogP contribution in [0.5, 0.6) is 11.5 Å². The van der Waals surface area contributed by atoms with Crippen molar-refractivity contribution in [3.05, 3.63) is 77.4 Å². The first-order valence-corrected chi connectivity index (χ1v) is 16.9. The van der Waals surface area contributed by atoms with Gasteiger partial charge in [-0.2, -0.15) is 0 Å². The molecule has 1 fully saturated rings. The van der Waals surface area contributed by atoms with E-state index in [1.807, 2.05) is 60.7 Å². The van der Waals surface area contributed by atoms with E-state index < -0.39 is 13.9 Å². The first-order chi connectivity index (χ1) is 19.1. The lowest BCUT2D eigenvalue weighted by atomic mass is 9.79. The fraction of sp³-hybridized carbons (Fsp3) is 0.412. The van der Waals surface area contributed by atoms with Gasteiger partial charge in [0.1, 0.15) is 17.1 Å². The summed E-state index contributed by atoms with van der Waals surface area (Å²) in [5.74, 6) is 1.04. The highest BCUT2D eigenvalue weighted by atomic mass is 28.4. The zero-order chi connectivity index (χ0) is 28.4. The number of hydrogen-bond acceptors (Lipinski definition) is 4. The topological polar surface area (TPSA) is 55.8 Å². The van der Waals surface area contributed by atoms with Crippen LogP contribution in [0.2, 0.25) is 16.6 Å². The molecule has 0 unspecified atom stereocenters. The molecule has 208 valence electrons. The number of benzene rings is 3. The van der Waals surface area contributed by atoms with Gasteiger partial charge < -0.3 is 9.16 Å². The van der Waals surface area contributed by atoms with Crippen molar-refractivity contribution in [3.63, 3.8) is 0 Å². The Labute approximate surface area is 238 Å². The Kier molecular flexibility index (Phi) is 6.45. The predicted molar refractivity (Wildman–Crippen MR) is 162 cm³/mol. The molecule has 1 aliphatic carbocycles. The fourth-order valence-electron chi connectivity index (χ4n) is 7.80. The van der Waals surface area contributed by atoms with Gasteiger partial charge >= 0.3 is 0 Å². The summed E-state index contributed by atoms with van der Waals surface area (Å²) in [5, 5.41) is 0. The smallest absolute Gasteiger partial charge is 0.266 e. The number of fused-ring (bicyclic) bond motifs is 6. The van der Waals surface area contributed by atoms with E-state index in [4.69, 9.17) is 9.16 Å². The molecule has 40 heavy (non-hydrogen) atoms. The molecule has 3 aliphatic rings. The molecule has 0 N–H and O–H groups in total. The lowest BCUT2D eigenvalue weighted by Gasteiger charge is -2.43. The van der Waals surface area contributed by atoms with Gasteiger partial charge in [0.05, 0.1) is 16.8 Å². The van der Waals surface area contributed by atoms with E-state index in [0.29, 0.717) is 33.4 Å². The summed E-state index contributed by atoms with van der Waals surface area (Å²) < 4.78 is 13.9. The average Bonchev–Trinajstić information content (AvgIpc) is 3.49. The third-order valence-corrected chi connectivity index (χ3v) is 15.5. The van der Waals surface area contributed by atoms with Crippen LogP contribution in [-0.4, -0.2) is 20.1 Å². The van der Waals surface area contributed by atoms with E-state index in [1.165, 1.54) is 4.90 Å². The van der Waals surface area contributed by atoms with Gasteiger partial charge in [0.15, 0.2) is 0 Å². The number of imide groups is 1. The maximum Gasteiger partial charge on any atom is 0.266 e. The third kappa shape index (κ3) is 3.79. The highest BCUT2D eigenvalue weighted by Crippen LogP contribution is 2.55. The summed E-state index contributed by atoms with van der Waals surface area (Å²) in [6, 6.07) is 19.2. The van der Waals surface area contributed by atoms with Crippen LogP contribution in [0.15, 0.2) is 60.7 Å². The molecule has 0 atom stereocenters. The molecular weight excluding hydrogens is 514 g/mol. The van der Waals surface area contributed by atoms with E-state index >= 15 is 0 Å². The molecule has 1 saturated carbocycles. The zero-order valence-corrected chi connectivity index (χ0v) is 25.4. The molecule has 2 aliphatic heterocycles. The number of para-hydroxylation sites is 1. The van der Waals surface area contributed by atoms with Gasteiger partial charge in [0.2, 0.25) is 0 Å². The van der Waals surface area contributed by atoms with Crippen molar-refractivity contribution in [2.75, 3.05) is 4.90 Å². The molecule has 0 radical (unpaired) electrons. The van der Waals surface area contributed by atoms with E-state index in [-0.39, 0.29) is 11.8 Å². The van der Waals surface area contributed by atoms with Crippen molar-refractivity contribution in [1.82, 2.24) is 0 Å². The van der Waals surface area contributed by atoms with E-state index in [1.54, 1.807) is 0 Å². The van der Waals surface area contributed by atoms with Gasteiger partial charge in [-0.25, -0.2) is 4.90 Å². The number of hydrogen-bond donors (Lipinski definition) is 0. The molecule has 3 aromatic carbocycles. The normalized spacial score (nSPS) is 17.5. The number of amides is 2. The number of anilines is 1. The molecular formula is C34H39NO4Si. The summed E-state index contributed by atoms with van der Waals surface area (Å²) in [4.78, 5) is 28.9. The SMILES string of the molecule is CC(C)[Si](Oc1ccc2c(c1)OC1(CCCC1)c1ccc3c(c1-2)C(=O)N(c1ccccc1)C3=O)(C(C)C)C(C)C. The van der Waals surface area contributed by atoms with Gasteiger partial charge in [-0.1, -0.05) is 65.8 Å². The Bertz CT molecular complexity index is 1470. The maximum absolute atomic E-state index is 14.0. The van der Waals surface area contributed by atoms with Crippen LogP contribution in [0.1, 0.15) is 93.5 Å². The molecule has 6 heteroatoms. The van der Waals surface area contributed by atoms with Crippen molar-refractivity contribution in [3.8, 4) is 22.6 Å². The molecule has 5 nitrogen and oxygen atoms in total. The minimum absolute atomic E-state index is 0.268. The highest BCUT2D eigenvalue weighted by molar-refractivity contribution is 6.78. The zero-order valence-electron chi connectivity index (χ0n) is 24.4. The first-order valence-electron chi connectivity index (χ1n) is 14.7. The van der Waals surface area contributed by atoms with Gasteiger partial charge in [0, 0.05) is 22.8 Å². The average molecular weight is 554 g/mol. The minimum Gasteiger partial charge on any atom is -0.543 e. The number of ether oxygens (including phenoxy) is 1. The Hall–Kier alpha value is -3.38. The molecule has 0 saturated heterocycles. The van der Waals surface area contributed by atoms with E-state index in [2.05, 4.69) is 41.5 Å². The summed E-state index contributed by atoms with van der Waals surface area (Å²) in [6.45, 7) is 13.7. The largest absolute Gasteiger partial charge is 0.543 e. The summed E-state index contributed by atoms with van der Waals surface area (Å²) >= 11 is 0. The molecule has 0 aromatic heterocycles. The Morgan fingerprint density at radius 2 is 1.40 bits per heavy atom. The second-order valence-electron chi connectivity index (χ2n) is 12.6. The van der Waals surface area contributed by atoms with Crippen molar-refractivity contribution in [1.29, 1.82) is 0 Å². The third-order valence-electron chi connectivity index (χ3n) is 9.50. The lowest BCUT2D eigenvalue weighted by molar-refractivity contribution is 0.0708. The lowest BCUT2D eigenvalue weighted by Crippen LogP contribution is -2.50. The van der Waals surface area contributed by atoms with Crippen LogP contribution >= 0.6 is 0 Å². The Morgan fingerprint density at radius 3 is 2.02 bits per heavy atom. The van der Waals surface area contributed by atoms with Gasteiger partial charge in [0.25, 0.3) is 20.1 Å². The number of carbonyl (C=O) groups excluding carboxylic acids is 2. The quantitative estimate of drug-likeness (QED) is 0.226. The highest BCUT2D eigenvalue weighted by Gasteiger charge is 2.50. The molecule has 0 bridgehead atoms. The van der Waals surface area contributed by atoms with Crippen LogP contribution in [0.3, 0.4) is 0 Å². The van der Waals surface area contributed by atoms with Crippen LogP contribution in [0, 0.1) is 0 Å². The number of rotatable bonds is 6. The van der Waals surface area contributed by atoms with Gasteiger partial charge in [-0.15, -0.1) is 0 Å². The van der Waals surface area contributed by atoms with Crippen molar-refractivity contribution in [2.45, 2.75) is 89.5 Å². The molecule has 6 rings (SSSR count). The summed E-state index contributed by atoms with van der Waals surface area (Å²) in [7, 11) is -2.17. The Morgan fingerprint density at radius 1 is 0.775 bits per heavy atom. The number of carbonyl (C=O) groups is 2. The second-order valence-corrected chi connectivity index (χ2v) is 17.9. The standard InChI is InChI=1S/C34H39NO4Si/c1-21(2)40(22(3)4,23(5)6)39-25-14-15-26-29(20-25)38-34(18-10-11-19-34)28-17-16-27-31(30(26)28)33(37)35(32(27)36)24-12-8-7-9-13-24/h7-9,12-17,20-23H,10-11,18-19H2,1-6H3. The Balaban J connectivity index is 1.51. The van der Waals surface area contributed by atoms with E-state index in [9.17, 15) is 9.59 Å². The fourth-order valence-corrected chi connectivity index (χ4v) is 13.0. The first kappa shape index (κ1) is 26.8. The van der Waals surface area contributed by atoms with Crippen LogP contribution in [0.4, 0.5) is 5.69 Å². The molecule has 3 aromatic rings. The predicted octanol–water partition coefficient (Wildman–Crippen LogP) is 8.87. The van der Waals surface area contributed by atoms with E-state index in [0.717, 1.165) is 53.9 Å². The monoisotopic (exact) mass is 553 g/mol. The second kappa shape index (κ2) is 9.62. The molecule has 2 amide bonds. The van der Waals surface area contributed by atoms with Crippen molar-refractivity contribution in [2.24, 2.45) is 0 Å². The van der Waals surface area contributed by atoms with Crippen molar-refractivity contribution >= 4 is 25.8 Å². The van der Waals surface area contributed by atoms with Crippen LogP contribution in [-0.2, 0) is 5.60 Å². The van der Waals surface area contributed by atoms with Gasteiger partial charge in [-0.05, 0) is 72.6 Å². The van der Waals surface area contributed by atoms with Gasteiger partial charge in [-0.3, -0.25) is 9.59 Å². The summed E-state index contributed by atoms with van der Waals surface area (Å²) in [6.07, 6.45) is 3.90. The van der Waals surface area contributed by atoms with Crippen LogP contribution < -0.4 is 14.1 Å². The molecule has 2 heterocycles. The maximum atomic E-state index is 14.0. The molecule has 1 spiro atoms. The summed E-state index contributed by atoms with van der Waals surface area (Å²) in [5.41, 5.74) is 5.12. The van der Waals surface area contributed by atoms with Crippen molar-refractivity contribution < 1.29 is 18.8 Å². The van der Waals surface area contributed by atoms with Crippen LogP contribution in [0.25, 0.3) is 11.1 Å². The number of nitrogens with zero attached hydrogens (tertiary/aromatic N) is 1.